The number of aryl methyl sites for hydroxylation is 1. The smallest absolute Gasteiger partial charge is 0.130 e. The first kappa shape index (κ1) is 13.3. The van der Waals surface area contributed by atoms with Crippen LogP contribution >= 0.6 is 15.9 Å². The molecule has 0 aliphatic rings. The van der Waals surface area contributed by atoms with Crippen molar-refractivity contribution in [1.82, 2.24) is 14.9 Å². The highest BCUT2D eigenvalue weighted by molar-refractivity contribution is 9.10. The lowest BCUT2D eigenvalue weighted by molar-refractivity contribution is 0.555. The van der Waals surface area contributed by atoms with E-state index in [4.69, 9.17) is 0 Å². The first-order chi connectivity index (χ1) is 8.72. The number of halogens is 1. The molecule has 4 heteroatoms. The summed E-state index contributed by atoms with van der Waals surface area (Å²) in [4.78, 5) is 4.46. The Labute approximate surface area is 116 Å². The van der Waals surface area contributed by atoms with Crippen molar-refractivity contribution in [2.45, 2.75) is 19.4 Å². The van der Waals surface area contributed by atoms with Gasteiger partial charge in [-0.1, -0.05) is 35.0 Å². The monoisotopic (exact) mass is 307 g/mol. The summed E-state index contributed by atoms with van der Waals surface area (Å²) in [5.74, 6) is 1.05. The number of hydrogen-bond donors (Lipinski definition) is 1. The fraction of sp³-hybridized carbons (Fsp3) is 0.357. The second kappa shape index (κ2) is 6.16. The van der Waals surface area contributed by atoms with E-state index in [1.807, 2.05) is 19.4 Å². The molecule has 3 nitrogen and oxygen atoms in total. The molecule has 0 fully saturated rings. The normalized spacial score (nSPS) is 12.6. The minimum absolute atomic E-state index is 0.151. The van der Waals surface area contributed by atoms with E-state index in [-0.39, 0.29) is 6.04 Å². The molecule has 0 radical (unpaired) electrons. The Morgan fingerprint density at radius 2 is 2.06 bits per heavy atom. The lowest BCUT2D eigenvalue weighted by atomic mass is 10.1. The molecule has 18 heavy (non-hydrogen) atoms. The van der Waals surface area contributed by atoms with Gasteiger partial charge in [0.1, 0.15) is 5.82 Å². The number of benzene rings is 1. The number of hydrogen-bond acceptors (Lipinski definition) is 2. The largest absolute Gasteiger partial charge is 0.336 e. The van der Waals surface area contributed by atoms with E-state index in [1.54, 1.807) is 0 Å². The number of nitrogens with zero attached hydrogens (tertiary/aromatic N) is 2. The van der Waals surface area contributed by atoms with E-state index in [0.29, 0.717) is 0 Å². The van der Waals surface area contributed by atoms with E-state index < -0.39 is 0 Å². The molecule has 1 aromatic heterocycles. The minimum atomic E-state index is 0.151. The molecule has 0 bridgehead atoms. The summed E-state index contributed by atoms with van der Waals surface area (Å²) in [6.45, 7) is 3.15. The Balaban J connectivity index is 2.30. The molecular weight excluding hydrogens is 290 g/mol. The molecular formula is C14H18BrN3. The van der Waals surface area contributed by atoms with Gasteiger partial charge < -0.3 is 9.88 Å². The fourth-order valence-electron chi connectivity index (χ4n) is 1.96. The van der Waals surface area contributed by atoms with Crippen molar-refractivity contribution in [3.05, 3.63) is 52.5 Å². The van der Waals surface area contributed by atoms with E-state index in [0.717, 1.165) is 23.3 Å². The lowest BCUT2D eigenvalue weighted by Gasteiger charge is -2.18. The van der Waals surface area contributed by atoms with E-state index >= 15 is 0 Å². The van der Waals surface area contributed by atoms with E-state index in [9.17, 15) is 0 Å². The Morgan fingerprint density at radius 1 is 1.33 bits per heavy atom. The molecule has 1 aromatic carbocycles. The summed E-state index contributed by atoms with van der Waals surface area (Å²) in [5.41, 5.74) is 1.24. The van der Waals surface area contributed by atoms with Crippen LogP contribution in [0.4, 0.5) is 0 Å². The van der Waals surface area contributed by atoms with Gasteiger partial charge in [-0.3, -0.25) is 0 Å². The number of imidazole rings is 1. The SMILES string of the molecule is CCCNC(c1ccc(Br)cc1)c1nccn1C. The van der Waals surface area contributed by atoms with Crippen LogP contribution in [0.1, 0.15) is 30.8 Å². The Morgan fingerprint density at radius 3 is 2.61 bits per heavy atom. The van der Waals surface area contributed by atoms with Crippen LogP contribution in [0.2, 0.25) is 0 Å². The van der Waals surface area contributed by atoms with Crippen molar-refractivity contribution in [3.8, 4) is 0 Å². The molecule has 0 spiro atoms. The van der Waals surface area contributed by atoms with Crippen LogP contribution in [0.15, 0.2) is 41.1 Å². The zero-order valence-corrected chi connectivity index (χ0v) is 12.3. The van der Waals surface area contributed by atoms with Gasteiger partial charge in [-0.15, -0.1) is 0 Å². The number of aromatic nitrogens is 2. The molecule has 1 N–H and O–H groups in total. The van der Waals surface area contributed by atoms with Gasteiger partial charge in [0.05, 0.1) is 6.04 Å². The third-order valence-electron chi connectivity index (χ3n) is 2.92. The third-order valence-corrected chi connectivity index (χ3v) is 3.45. The van der Waals surface area contributed by atoms with Crippen molar-refractivity contribution in [2.75, 3.05) is 6.54 Å². The minimum Gasteiger partial charge on any atom is -0.336 e. The number of nitrogens with one attached hydrogen (secondary N) is 1. The van der Waals surface area contributed by atoms with Crippen LogP contribution in [0, 0.1) is 0 Å². The highest BCUT2D eigenvalue weighted by Gasteiger charge is 2.16. The molecule has 0 saturated carbocycles. The molecule has 1 unspecified atom stereocenters. The van der Waals surface area contributed by atoms with Gasteiger partial charge in [0.15, 0.2) is 0 Å². The van der Waals surface area contributed by atoms with Gasteiger partial charge >= 0.3 is 0 Å². The molecule has 0 amide bonds. The summed E-state index contributed by atoms with van der Waals surface area (Å²) >= 11 is 3.47. The van der Waals surface area contributed by atoms with Crippen LogP contribution in [0.3, 0.4) is 0 Å². The average molecular weight is 308 g/mol. The highest BCUT2D eigenvalue weighted by Crippen LogP contribution is 2.22. The summed E-state index contributed by atoms with van der Waals surface area (Å²) in [6, 6.07) is 8.55. The van der Waals surface area contributed by atoms with Crippen LogP contribution in [0.25, 0.3) is 0 Å². The molecule has 0 aliphatic heterocycles. The van der Waals surface area contributed by atoms with Crippen molar-refractivity contribution in [2.24, 2.45) is 7.05 Å². The van der Waals surface area contributed by atoms with Gasteiger partial charge in [-0.05, 0) is 30.7 Å². The summed E-state index contributed by atoms with van der Waals surface area (Å²) < 4.78 is 3.16. The average Bonchev–Trinajstić information content (AvgIpc) is 2.78. The first-order valence-corrected chi connectivity index (χ1v) is 6.97. The maximum absolute atomic E-state index is 4.46. The van der Waals surface area contributed by atoms with Crippen LogP contribution < -0.4 is 5.32 Å². The predicted molar refractivity (Wildman–Crippen MR) is 77.5 cm³/mol. The Kier molecular flexibility index (Phi) is 4.55. The van der Waals surface area contributed by atoms with Crippen LogP contribution in [0.5, 0.6) is 0 Å². The van der Waals surface area contributed by atoms with E-state index in [1.165, 1.54) is 5.56 Å². The molecule has 96 valence electrons. The molecule has 1 atom stereocenters. The first-order valence-electron chi connectivity index (χ1n) is 6.18. The van der Waals surface area contributed by atoms with Crippen molar-refractivity contribution in [3.63, 3.8) is 0 Å². The predicted octanol–water partition coefficient (Wildman–Crippen LogP) is 3.27. The Hall–Kier alpha value is -1.13. The Bertz CT molecular complexity index is 490. The van der Waals surface area contributed by atoms with Gasteiger partial charge in [-0.25, -0.2) is 4.98 Å². The lowest BCUT2D eigenvalue weighted by Crippen LogP contribution is -2.25. The number of rotatable bonds is 5. The molecule has 1 heterocycles. The molecule has 0 saturated heterocycles. The quantitative estimate of drug-likeness (QED) is 0.919. The zero-order chi connectivity index (χ0) is 13.0. The third kappa shape index (κ3) is 3.00. The van der Waals surface area contributed by atoms with Crippen LogP contribution in [-0.2, 0) is 7.05 Å². The molecule has 0 aliphatic carbocycles. The molecule has 2 aromatic rings. The van der Waals surface area contributed by atoms with E-state index in [2.05, 4.69) is 62.0 Å². The van der Waals surface area contributed by atoms with Crippen LogP contribution in [-0.4, -0.2) is 16.1 Å². The van der Waals surface area contributed by atoms with Gasteiger partial charge in [-0.2, -0.15) is 0 Å². The maximum atomic E-state index is 4.46. The van der Waals surface area contributed by atoms with Crippen molar-refractivity contribution < 1.29 is 0 Å². The highest BCUT2D eigenvalue weighted by atomic mass is 79.9. The summed E-state index contributed by atoms with van der Waals surface area (Å²) in [6.07, 6.45) is 4.93. The summed E-state index contributed by atoms with van der Waals surface area (Å²) in [7, 11) is 2.03. The van der Waals surface area contributed by atoms with Crippen molar-refractivity contribution >= 4 is 15.9 Å². The topological polar surface area (TPSA) is 29.9 Å². The zero-order valence-electron chi connectivity index (χ0n) is 10.7. The van der Waals surface area contributed by atoms with Gasteiger partial charge in [0, 0.05) is 23.9 Å². The van der Waals surface area contributed by atoms with Crippen molar-refractivity contribution in [1.29, 1.82) is 0 Å². The fourth-order valence-corrected chi connectivity index (χ4v) is 2.22. The maximum Gasteiger partial charge on any atom is 0.130 e. The van der Waals surface area contributed by atoms with Gasteiger partial charge in [0.2, 0.25) is 0 Å². The van der Waals surface area contributed by atoms with Gasteiger partial charge in [0.25, 0.3) is 0 Å². The molecule has 2 rings (SSSR count). The second-order valence-electron chi connectivity index (χ2n) is 4.34. The summed E-state index contributed by atoms with van der Waals surface area (Å²) in [5, 5.41) is 3.55. The second-order valence-corrected chi connectivity index (χ2v) is 5.25. The standard InChI is InChI=1S/C14H18BrN3/c1-3-8-16-13(14-17-9-10-18(14)2)11-4-6-12(15)7-5-11/h4-7,9-10,13,16H,3,8H2,1-2H3.